The second kappa shape index (κ2) is 4.04. The Balaban J connectivity index is 2.95. The molecule has 1 aromatic rings. The Labute approximate surface area is 76.4 Å². The number of rotatable bonds is 3. The smallest absolute Gasteiger partial charge is 0.350 e. The van der Waals surface area contributed by atoms with Gasteiger partial charge in [-0.15, -0.1) is 0 Å². The van der Waals surface area contributed by atoms with Crippen LogP contribution in [0, 0.1) is 0 Å². The highest BCUT2D eigenvalue weighted by Gasteiger charge is 2.05. The molecule has 0 amide bonds. The third-order valence-electron chi connectivity index (χ3n) is 1.79. The molecule has 0 aromatic carbocycles. The van der Waals surface area contributed by atoms with E-state index in [2.05, 4.69) is 4.98 Å². The summed E-state index contributed by atoms with van der Waals surface area (Å²) in [5, 5.41) is 0. The summed E-state index contributed by atoms with van der Waals surface area (Å²) >= 11 is 0. The summed E-state index contributed by atoms with van der Waals surface area (Å²) in [5.74, 6) is 0.227. The van der Waals surface area contributed by atoms with Gasteiger partial charge < -0.3 is 11.5 Å². The molecule has 0 radical (unpaired) electrons. The van der Waals surface area contributed by atoms with Gasteiger partial charge >= 0.3 is 5.69 Å². The van der Waals surface area contributed by atoms with Crippen molar-refractivity contribution in [3.63, 3.8) is 0 Å². The first-order valence-corrected chi connectivity index (χ1v) is 4.25. The lowest BCUT2D eigenvalue weighted by Gasteiger charge is -2.12. The number of nitrogens with zero attached hydrogens (tertiary/aromatic N) is 2. The number of nitrogen functional groups attached to an aromatic ring is 1. The van der Waals surface area contributed by atoms with Crippen LogP contribution in [0.25, 0.3) is 0 Å². The topological polar surface area (TPSA) is 86.9 Å². The van der Waals surface area contributed by atoms with Crippen molar-refractivity contribution in [3.05, 3.63) is 22.7 Å². The molecule has 0 saturated heterocycles. The molecule has 1 heterocycles. The summed E-state index contributed by atoms with van der Waals surface area (Å²) < 4.78 is 1.39. The van der Waals surface area contributed by atoms with Crippen LogP contribution in [0.4, 0.5) is 5.82 Å². The fourth-order valence-electron chi connectivity index (χ4n) is 1.11. The van der Waals surface area contributed by atoms with Crippen LogP contribution in [0.5, 0.6) is 0 Å². The lowest BCUT2D eigenvalue weighted by atomic mass is 10.3. The molecule has 0 fully saturated rings. The third kappa shape index (κ3) is 2.29. The number of anilines is 1. The van der Waals surface area contributed by atoms with Crippen LogP contribution in [-0.2, 0) is 0 Å². The molecule has 0 aliphatic heterocycles. The van der Waals surface area contributed by atoms with E-state index in [1.807, 2.05) is 6.92 Å². The second-order valence-electron chi connectivity index (χ2n) is 2.90. The minimum absolute atomic E-state index is 0.227. The Morgan fingerprint density at radius 2 is 2.38 bits per heavy atom. The molecule has 5 nitrogen and oxygen atoms in total. The monoisotopic (exact) mass is 182 g/mol. The molecule has 0 bridgehead atoms. The summed E-state index contributed by atoms with van der Waals surface area (Å²) in [7, 11) is 0. The highest BCUT2D eigenvalue weighted by molar-refractivity contribution is 5.23. The molecule has 0 aliphatic carbocycles. The van der Waals surface area contributed by atoms with Gasteiger partial charge in [-0.2, -0.15) is 4.98 Å². The molecule has 72 valence electrons. The van der Waals surface area contributed by atoms with Crippen molar-refractivity contribution >= 4 is 5.82 Å². The molecule has 0 aliphatic rings. The SMILES string of the molecule is CCCC(N)n1ccc(N)nc1=O. The number of nitrogens with two attached hydrogens (primary N) is 2. The molecule has 0 saturated carbocycles. The van der Waals surface area contributed by atoms with Gasteiger partial charge in [-0.1, -0.05) is 13.3 Å². The predicted molar refractivity (Wildman–Crippen MR) is 51.0 cm³/mol. The van der Waals surface area contributed by atoms with Crippen molar-refractivity contribution in [1.29, 1.82) is 0 Å². The fraction of sp³-hybridized carbons (Fsp3) is 0.500. The van der Waals surface area contributed by atoms with Crippen LogP contribution in [-0.4, -0.2) is 9.55 Å². The first-order valence-electron chi connectivity index (χ1n) is 4.25. The molecule has 1 rings (SSSR count). The second-order valence-corrected chi connectivity index (χ2v) is 2.90. The highest BCUT2D eigenvalue weighted by Crippen LogP contribution is 2.03. The van der Waals surface area contributed by atoms with Crippen molar-refractivity contribution < 1.29 is 0 Å². The Bertz CT molecular complexity index is 333. The van der Waals surface area contributed by atoms with Gasteiger partial charge in [0.05, 0.1) is 6.17 Å². The molecule has 1 unspecified atom stereocenters. The molecule has 1 aromatic heterocycles. The van der Waals surface area contributed by atoms with Crippen LogP contribution in [0.1, 0.15) is 25.9 Å². The zero-order chi connectivity index (χ0) is 9.84. The van der Waals surface area contributed by atoms with E-state index in [1.165, 1.54) is 4.57 Å². The van der Waals surface area contributed by atoms with E-state index >= 15 is 0 Å². The fourth-order valence-corrected chi connectivity index (χ4v) is 1.11. The van der Waals surface area contributed by atoms with Gasteiger partial charge in [-0.25, -0.2) is 4.79 Å². The van der Waals surface area contributed by atoms with Gasteiger partial charge in [-0.05, 0) is 12.5 Å². The van der Waals surface area contributed by atoms with E-state index in [-0.39, 0.29) is 17.7 Å². The summed E-state index contributed by atoms with van der Waals surface area (Å²) in [5.41, 5.74) is 10.7. The summed E-state index contributed by atoms with van der Waals surface area (Å²) in [6.07, 6.45) is 2.96. The quantitative estimate of drug-likeness (QED) is 0.693. The average Bonchev–Trinajstić information content (AvgIpc) is 2.04. The van der Waals surface area contributed by atoms with Crippen molar-refractivity contribution in [2.24, 2.45) is 5.73 Å². The van der Waals surface area contributed by atoms with Crippen molar-refractivity contribution in [3.8, 4) is 0 Å². The molecule has 1 atom stereocenters. The minimum atomic E-state index is -0.388. The largest absolute Gasteiger partial charge is 0.383 e. The van der Waals surface area contributed by atoms with Crippen LogP contribution in [0.3, 0.4) is 0 Å². The number of hydrogen-bond acceptors (Lipinski definition) is 4. The molecule has 13 heavy (non-hydrogen) atoms. The minimum Gasteiger partial charge on any atom is -0.383 e. The van der Waals surface area contributed by atoms with E-state index in [9.17, 15) is 4.79 Å². The van der Waals surface area contributed by atoms with Crippen LogP contribution < -0.4 is 17.2 Å². The van der Waals surface area contributed by atoms with Gasteiger partial charge in [0.25, 0.3) is 0 Å². The predicted octanol–water partition coefficient (Wildman–Crippen LogP) is 0.0829. The van der Waals surface area contributed by atoms with E-state index in [0.717, 1.165) is 12.8 Å². The van der Waals surface area contributed by atoms with Gasteiger partial charge in [0.15, 0.2) is 0 Å². The highest BCUT2D eigenvalue weighted by atomic mass is 16.1. The number of hydrogen-bond donors (Lipinski definition) is 2. The molecular weight excluding hydrogens is 168 g/mol. The summed E-state index contributed by atoms with van der Waals surface area (Å²) in [4.78, 5) is 14.8. The van der Waals surface area contributed by atoms with E-state index in [4.69, 9.17) is 11.5 Å². The van der Waals surface area contributed by atoms with Gasteiger partial charge in [-0.3, -0.25) is 4.57 Å². The summed E-state index contributed by atoms with van der Waals surface area (Å²) in [6.45, 7) is 2.01. The van der Waals surface area contributed by atoms with Crippen LogP contribution in [0.2, 0.25) is 0 Å². The van der Waals surface area contributed by atoms with E-state index in [0.29, 0.717) is 0 Å². The Morgan fingerprint density at radius 3 is 2.92 bits per heavy atom. The van der Waals surface area contributed by atoms with Crippen LogP contribution >= 0.6 is 0 Å². The van der Waals surface area contributed by atoms with E-state index in [1.54, 1.807) is 12.3 Å². The van der Waals surface area contributed by atoms with Crippen molar-refractivity contribution in [1.82, 2.24) is 9.55 Å². The molecule has 0 spiro atoms. The van der Waals surface area contributed by atoms with Crippen molar-refractivity contribution in [2.45, 2.75) is 25.9 Å². The van der Waals surface area contributed by atoms with E-state index < -0.39 is 0 Å². The normalized spacial score (nSPS) is 12.8. The maximum atomic E-state index is 11.2. The lowest BCUT2D eigenvalue weighted by Crippen LogP contribution is -2.31. The first kappa shape index (κ1) is 9.73. The summed E-state index contributed by atoms with van der Waals surface area (Å²) in [6, 6.07) is 1.57. The van der Waals surface area contributed by atoms with Gasteiger partial charge in [0.1, 0.15) is 5.82 Å². The maximum absolute atomic E-state index is 11.2. The molecule has 4 N–H and O–H groups in total. The molecular formula is C8H14N4O. The van der Waals surface area contributed by atoms with Crippen molar-refractivity contribution in [2.75, 3.05) is 5.73 Å². The standard InChI is InChI=1S/C8H14N4O/c1-2-3-7(10)12-5-4-6(9)11-8(12)13/h4-5,7H,2-3,10H2,1H3,(H2,9,11,13). The third-order valence-corrected chi connectivity index (χ3v) is 1.79. The average molecular weight is 182 g/mol. The zero-order valence-electron chi connectivity index (χ0n) is 7.60. The maximum Gasteiger partial charge on any atom is 0.350 e. The Kier molecular flexibility index (Phi) is 3.02. The van der Waals surface area contributed by atoms with Gasteiger partial charge in [0, 0.05) is 6.20 Å². The van der Waals surface area contributed by atoms with Gasteiger partial charge in [0.2, 0.25) is 0 Å². The Morgan fingerprint density at radius 1 is 1.69 bits per heavy atom. The Hall–Kier alpha value is -1.36. The van der Waals surface area contributed by atoms with Crippen LogP contribution in [0.15, 0.2) is 17.1 Å². The number of aromatic nitrogens is 2. The first-order chi connectivity index (χ1) is 6.15. The zero-order valence-corrected chi connectivity index (χ0v) is 7.60. The lowest BCUT2D eigenvalue weighted by molar-refractivity contribution is 0.457. The molecule has 5 heteroatoms.